The van der Waals surface area contributed by atoms with E-state index in [4.69, 9.17) is 4.74 Å². The number of thioether (sulfide) groups is 1. The Balaban J connectivity index is 1.57. The lowest BCUT2D eigenvalue weighted by Crippen LogP contribution is -2.44. The number of methoxy groups -OCH3 is 1. The smallest absolute Gasteiger partial charge is 0.416 e. The Morgan fingerprint density at radius 3 is 2.65 bits per heavy atom. The van der Waals surface area contributed by atoms with E-state index in [0.29, 0.717) is 40.4 Å². The summed E-state index contributed by atoms with van der Waals surface area (Å²) in [4.78, 5) is 17.3. The summed E-state index contributed by atoms with van der Waals surface area (Å²) in [5, 5.41) is 5.92. The summed E-state index contributed by atoms with van der Waals surface area (Å²) in [5.74, 6) is -0.787. The highest BCUT2D eigenvalue weighted by molar-refractivity contribution is 8.00. The average Bonchev–Trinajstić information content (AvgIpc) is 2.79. The molecule has 0 spiro atoms. The first-order valence-electron chi connectivity index (χ1n) is 10.4. The minimum absolute atomic E-state index is 0.00774. The second-order valence-electron chi connectivity index (χ2n) is 7.70. The van der Waals surface area contributed by atoms with Crippen LogP contribution in [0.15, 0.2) is 59.8 Å². The molecule has 1 amide bonds. The van der Waals surface area contributed by atoms with Gasteiger partial charge in [0.05, 0.1) is 12.7 Å². The molecule has 0 bridgehead atoms. The van der Waals surface area contributed by atoms with Gasteiger partial charge >= 0.3 is 6.18 Å². The topological polar surface area (TPSA) is 63.2 Å². The molecule has 2 heterocycles. The number of amides is 1. The first-order chi connectivity index (χ1) is 16.2. The molecule has 0 radical (unpaired) electrons. The van der Waals surface area contributed by atoms with Gasteiger partial charge in [0, 0.05) is 59.4 Å². The van der Waals surface area contributed by atoms with Crippen LogP contribution in [0.1, 0.15) is 21.5 Å². The maximum atomic E-state index is 13.6. The van der Waals surface area contributed by atoms with E-state index in [1.54, 1.807) is 18.3 Å². The molecule has 178 valence electrons. The van der Waals surface area contributed by atoms with Crippen LogP contribution in [-0.2, 0) is 12.7 Å². The zero-order chi connectivity index (χ0) is 24.3. The maximum Gasteiger partial charge on any atom is 0.416 e. The second kappa shape index (κ2) is 10.0. The largest absolute Gasteiger partial charge is 0.496 e. The molecule has 0 unspecified atom stereocenters. The van der Waals surface area contributed by atoms with Gasteiger partial charge in [0.1, 0.15) is 11.6 Å². The van der Waals surface area contributed by atoms with Crippen molar-refractivity contribution in [3.63, 3.8) is 0 Å². The zero-order valence-corrected chi connectivity index (χ0v) is 18.9. The average molecular weight is 492 g/mol. The number of pyridine rings is 1. The summed E-state index contributed by atoms with van der Waals surface area (Å²) in [6.07, 6.45) is -1.48. The SMILES string of the molecule is COc1cc(F)ccc1-c1ccncc1CNC(=O)c1cc(SC2CNC2)cc(C(F)(F)F)c1. The van der Waals surface area contributed by atoms with Crippen LogP contribution in [0.3, 0.4) is 0 Å². The van der Waals surface area contributed by atoms with E-state index < -0.39 is 23.5 Å². The summed E-state index contributed by atoms with van der Waals surface area (Å²) in [6.45, 7) is 1.42. The fourth-order valence-corrected chi connectivity index (χ4v) is 4.67. The van der Waals surface area contributed by atoms with Gasteiger partial charge in [0.25, 0.3) is 5.91 Å². The van der Waals surface area contributed by atoms with Crippen molar-refractivity contribution in [2.24, 2.45) is 0 Å². The number of rotatable bonds is 7. The minimum atomic E-state index is -4.57. The molecule has 34 heavy (non-hydrogen) atoms. The van der Waals surface area contributed by atoms with Gasteiger partial charge in [0.15, 0.2) is 0 Å². The van der Waals surface area contributed by atoms with Crippen molar-refractivity contribution < 1.29 is 27.1 Å². The maximum absolute atomic E-state index is 13.6. The van der Waals surface area contributed by atoms with E-state index in [1.807, 2.05) is 0 Å². The fraction of sp³-hybridized carbons (Fsp3) is 0.250. The van der Waals surface area contributed by atoms with Crippen molar-refractivity contribution in [3.05, 3.63) is 77.4 Å². The number of benzene rings is 2. The van der Waals surface area contributed by atoms with Gasteiger partial charge in [-0.1, -0.05) is 0 Å². The van der Waals surface area contributed by atoms with E-state index in [2.05, 4.69) is 15.6 Å². The molecule has 1 saturated heterocycles. The molecule has 1 aliphatic heterocycles. The molecule has 0 atom stereocenters. The molecule has 0 saturated carbocycles. The van der Waals surface area contributed by atoms with Crippen LogP contribution in [0.25, 0.3) is 11.1 Å². The summed E-state index contributed by atoms with van der Waals surface area (Å²) in [7, 11) is 1.42. The number of aromatic nitrogens is 1. The standard InChI is InChI=1S/C24H21F4N3O2S/c1-33-22-9-17(25)2-3-21(22)20-4-5-29-10-15(20)11-31-23(32)14-6-16(24(26,27)28)8-18(7-14)34-19-12-30-13-19/h2-10,19,30H,11-13H2,1H3,(H,31,32). The van der Waals surface area contributed by atoms with Crippen LogP contribution in [0.2, 0.25) is 0 Å². The third-order valence-corrected chi connectivity index (χ3v) is 6.51. The molecular weight excluding hydrogens is 470 g/mol. The Morgan fingerprint density at radius 1 is 1.18 bits per heavy atom. The number of halogens is 4. The molecule has 2 N–H and O–H groups in total. The Bertz CT molecular complexity index is 1200. The summed E-state index contributed by atoms with van der Waals surface area (Å²) >= 11 is 1.31. The number of alkyl halides is 3. The van der Waals surface area contributed by atoms with Gasteiger partial charge in [-0.2, -0.15) is 13.2 Å². The van der Waals surface area contributed by atoms with Crippen LogP contribution < -0.4 is 15.4 Å². The number of hydrogen-bond donors (Lipinski definition) is 2. The quantitative estimate of drug-likeness (QED) is 0.460. The first-order valence-corrected chi connectivity index (χ1v) is 11.3. The highest BCUT2D eigenvalue weighted by atomic mass is 32.2. The molecule has 3 aromatic rings. The Morgan fingerprint density at radius 2 is 1.97 bits per heavy atom. The molecule has 5 nitrogen and oxygen atoms in total. The number of nitrogens with one attached hydrogen (secondary N) is 2. The van der Waals surface area contributed by atoms with Crippen LogP contribution in [0, 0.1) is 5.82 Å². The van der Waals surface area contributed by atoms with E-state index in [-0.39, 0.29) is 17.4 Å². The Labute approximate surface area is 197 Å². The van der Waals surface area contributed by atoms with Crippen LogP contribution in [-0.4, -0.2) is 36.3 Å². The first kappa shape index (κ1) is 24.0. The fourth-order valence-electron chi connectivity index (χ4n) is 3.50. The molecule has 1 aromatic heterocycles. The molecule has 1 aliphatic rings. The number of carbonyl (C=O) groups excluding carboxylic acids is 1. The van der Waals surface area contributed by atoms with E-state index in [1.165, 1.54) is 43.3 Å². The van der Waals surface area contributed by atoms with Crippen molar-refractivity contribution in [2.75, 3.05) is 20.2 Å². The van der Waals surface area contributed by atoms with Crippen molar-refractivity contribution in [2.45, 2.75) is 22.9 Å². The molecule has 10 heteroatoms. The van der Waals surface area contributed by atoms with Gasteiger partial charge in [-0.15, -0.1) is 11.8 Å². The van der Waals surface area contributed by atoms with Crippen molar-refractivity contribution in [1.29, 1.82) is 0 Å². The lowest BCUT2D eigenvalue weighted by molar-refractivity contribution is -0.137. The summed E-state index contributed by atoms with van der Waals surface area (Å²) in [6, 6.07) is 9.19. The highest BCUT2D eigenvalue weighted by Crippen LogP contribution is 2.35. The monoisotopic (exact) mass is 491 g/mol. The summed E-state index contributed by atoms with van der Waals surface area (Å²) in [5.41, 5.74) is 0.915. The molecule has 0 aliphatic carbocycles. The Kier molecular flexibility index (Phi) is 7.08. The normalized spacial score (nSPS) is 13.9. The molecule has 4 rings (SSSR count). The number of hydrogen-bond acceptors (Lipinski definition) is 5. The van der Waals surface area contributed by atoms with Crippen LogP contribution in [0.4, 0.5) is 17.6 Å². The predicted octanol–water partition coefficient (Wildman–Crippen LogP) is 4.91. The van der Waals surface area contributed by atoms with Gasteiger partial charge in [0.2, 0.25) is 0 Å². The van der Waals surface area contributed by atoms with E-state index in [9.17, 15) is 22.4 Å². The van der Waals surface area contributed by atoms with E-state index in [0.717, 1.165) is 12.1 Å². The van der Waals surface area contributed by atoms with Gasteiger partial charge in [-0.25, -0.2) is 4.39 Å². The lowest BCUT2D eigenvalue weighted by Gasteiger charge is -2.26. The zero-order valence-electron chi connectivity index (χ0n) is 18.1. The minimum Gasteiger partial charge on any atom is -0.496 e. The highest BCUT2D eigenvalue weighted by Gasteiger charge is 2.32. The van der Waals surface area contributed by atoms with Crippen molar-refractivity contribution >= 4 is 17.7 Å². The van der Waals surface area contributed by atoms with Gasteiger partial charge in [-0.05, 0) is 47.5 Å². The Hall–Kier alpha value is -3.11. The van der Waals surface area contributed by atoms with E-state index >= 15 is 0 Å². The number of ether oxygens (including phenoxy) is 1. The van der Waals surface area contributed by atoms with Gasteiger partial charge in [-0.3, -0.25) is 9.78 Å². The number of nitrogens with zero attached hydrogens (tertiary/aromatic N) is 1. The lowest BCUT2D eigenvalue weighted by atomic mass is 10.0. The van der Waals surface area contributed by atoms with Gasteiger partial charge < -0.3 is 15.4 Å². The second-order valence-corrected chi connectivity index (χ2v) is 9.08. The van der Waals surface area contributed by atoms with Crippen molar-refractivity contribution in [1.82, 2.24) is 15.6 Å². The van der Waals surface area contributed by atoms with Crippen LogP contribution >= 0.6 is 11.8 Å². The predicted molar refractivity (Wildman–Crippen MR) is 121 cm³/mol. The third kappa shape index (κ3) is 5.51. The molecular formula is C24H21F4N3O2S. The number of carbonyl (C=O) groups is 1. The third-order valence-electron chi connectivity index (χ3n) is 5.34. The molecule has 2 aromatic carbocycles. The molecule has 1 fully saturated rings. The van der Waals surface area contributed by atoms with Crippen LogP contribution in [0.5, 0.6) is 5.75 Å². The van der Waals surface area contributed by atoms with Crippen molar-refractivity contribution in [3.8, 4) is 16.9 Å². The summed E-state index contributed by atoms with van der Waals surface area (Å²) < 4.78 is 59.2.